The molecule has 0 saturated heterocycles. The van der Waals surface area contributed by atoms with Crippen molar-refractivity contribution in [1.29, 1.82) is 0 Å². The van der Waals surface area contributed by atoms with E-state index in [1.165, 1.54) is 20.1 Å². The minimum absolute atomic E-state index is 0.215. The molecule has 0 aliphatic rings. The molecule has 1 nitrogen and oxygen atoms in total. The Labute approximate surface area is 122 Å². The lowest BCUT2D eigenvalue weighted by Crippen LogP contribution is -2.31. The molecule has 1 aromatic carbocycles. The van der Waals surface area contributed by atoms with E-state index in [4.69, 9.17) is 0 Å². The molecule has 1 N–H and O–H groups in total. The number of thiophene rings is 1. The van der Waals surface area contributed by atoms with Gasteiger partial charge in [0.2, 0.25) is 0 Å². The monoisotopic (exact) mass is 325 g/mol. The Kier molecular flexibility index (Phi) is 4.15. The minimum atomic E-state index is 0.215. The Morgan fingerprint density at radius 2 is 2.06 bits per heavy atom. The van der Waals surface area contributed by atoms with Crippen molar-refractivity contribution < 1.29 is 0 Å². The van der Waals surface area contributed by atoms with Gasteiger partial charge in [0.25, 0.3) is 0 Å². The summed E-state index contributed by atoms with van der Waals surface area (Å²) in [5.41, 5.74) is 1.64. The van der Waals surface area contributed by atoms with Crippen molar-refractivity contribution in [2.45, 2.75) is 33.7 Å². The van der Waals surface area contributed by atoms with Crippen molar-refractivity contribution >= 4 is 37.4 Å². The van der Waals surface area contributed by atoms with Gasteiger partial charge in [0.1, 0.15) is 0 Å². The molecule has 1 atom stereocenters. The minimum Gasteiger partial charge on any atom is -0.310 e. The molecule has 0 fully saturated rings. The molecule has 2 aromatic rings. The van der Waals surface area contributed by atoms with E-state index in [9.17, 15) is 0 Å². The summed E-state index contributed by atoms with van der Waals surface area (Å²) in [6, 6.07) is 6.85. The summed E-state index contributed by atoms with van der Waals surface area (Å²) in [5, 5.41) is 7.30. The average Bonchev–Trinajstić information content (AvgIpc) is 2.69. The van der Waals surface area contributed by atoms with Gasteiger partial charge in [-0.05, 0) is 50.3 Å². The highest BCUT2D eigenvalue weighted by Crippen LogP contribution is 2.41. The number of hydrogen-bond donors (Lipinski definition) is 1. The van der Waals surface area contributed by atoms with Crippen LogP contribution in [-0.4, -0.2) is 6.54 Å². The maximum absolute atomic E-state index is 3.64. The van der Waals surface area contributed by atoms with Gasteiger partial charge in [-0.3, -0.25) is 0 Å². The number of halogens is 1. The summed E-state index contributed by atoms with van der Waals surface area (Å²) >= 11 is 5.46. The second-order valence-electron chi connectivity index (χ2n) is 5.66. The highest BCUT2D eigenvalue weighted by molar-refractivity contribution is 9.10. The van der Waals surface area contributed by atoms with Crippen molar-refractivity contribution in [3.8, 4) is 0 Å². The second-order valence-corrected chi connectivity index (χ2v) is 7.40. The van der Waals surface area contributed by atoms with E-state index in [1.54, 1.807) is 0 Å². The quantitative estimate of drug-likeness (QED) is 0.800. The van der Waals surface area contributed by atoms with E-state index in [-0.39, 0.29) is 5.41 Å². The van der Waals surface area contributed by atoms with Gasteiger partial charge >= 0.3 is 0 Å². The molecule has 3 heteroatoms. The summed E-state index contributed by atoms with van der Waals surface area (Å²) in [4.78, 5) is 0. The average molecular weight is 326 g/mol. The van der Waals surface area contributed by atoms with Gasteiger partial charge in [-0.1, -0.05) is 39.8 Å². The Balaban J connectivity index is 2.55. The third kappa shape index (κ3) is 2.63. The molecular formula is C15H20BrNS. The summed E-state index contributed by atoms with van der Waals surface area (Å²) in [6.45, 7) is 10.0. The van der Waals surface area contributed by atoms with Crippen LogP contribution in [0.1, 0.15) is 39.3 Å². The van der Waals surface area contributed by atoms with Crippen molar-refractivity contribution in [3.05, 3.63) is 33.6 Å². The zero-order valence-electron chi connectivity index (χ0n) is 11.4. The first-order chi connectivity index (χ1) is 8.45. The van der Waals surface area contributed by atoms with Crippen LogP contribution in [0.4, 0.5) is 0 Å². The van der Waals surface area contributed by atoms with Crippen LogP contribution in [0.3, 0.4) is 0 Å². The van der Waals surface area contributed by atoms with Crippen molar-refractivity contribution in [2.24, 2.45) is 5.41 Å². The van der Waals surface area contributed by atoms with Crippen LogP contribution in [0, 0.1) is 5.41 Å². The van der Waals surface area contributed by atoms with Gasteiger partial charge in [0.15, 0.2) is 0 Å². The van der Waals surface area contributed by atoms with E-state index < -0.39 is 0 Å². The summed E-state index contributed by atoms with van der Waals surface area (Å²) in [6.07, 6.45) is 0. The van der Waals surface area contributed by atoms with Crippen LogP contribution in [0.15, 0.2) is 28.1 Å². The van der Waals surface area contributed by atoms with Gasteiger partial charge in [0, 0.05) is 15.2 Å². The van der Waals surface area contributed by atoms with Gasteiger partial charge in [-0.15, -0.1) is 11.3 Å². The van der Waals surface area contributed by atoms with Gasteiger partial charge in [-0.25, -0.2) is 0 Å². The molecule has 0 saturated carbocycles. The smallest absolute Gasteiger partial charge is 0.0488 e. The first kappa shape index (κ1) is 14.0. The van der Waals surface area contributed by atoms with E-state index in [0.29, 0.717) is 6.04 Å². The first-order valence-corrected chi connectivity index (χ1v) is 8.01. The summed E-state index contributed by atoms with van der Waals surface area (Å²) < 4.78 is 2.54. The molecule has 0 aliphatic carbocycles. The molecule has 2 rings (SSSR count). The van der Waals surface area contributed by atoms with Crippen LogP contribution in [-0.2, 0) is 0 Å². The number of hydrogen-bond acceptors (Lipinski definition) is 2. The highest BCUT2D eigenvalue weighted by atomic mass is 79.9. The topological polar surface area (TPSA) is 12.0 Å². The fraction of sp³-hybridized carbons (Fsp3) is 0.467. The lowest BCUT2D eigenvalue weighted by atomic mass is 9.82. The van der Waals surface area contributed by atoms with Crippen LogP contribution < -0.4 is 5.32 Å². The molecular weight excluding hydrogens is 306 g/mol. The molecule has 18 heavy (non-hydrogen) atoms. The highest BCUT2D eigenvalue weighted by Gasteiger charge is 2.27. The Morgan fingerprint density at radius 1 is 1.33 bits per heavy atom. The maximum Gasteiger partial charge on any atom is 0.0488 e. The van der Waals surface area contributed by atoms with Crippen LogP contribution in [0.5, 0.6) is 0 Å². The molecule has 1 aromatic heterocycles. The Bertz CT molecular complexity index is 539. The molecule has 0 aliphatic heterocycles. The molecule has 0 spiro atoms. The SMILES string of the molecule is CCNC(c1csc2c(Br)cccc12)C(C)(C)C. The number of benzene rings is 1. The fourth-order valence-electron chi connectivity index (χ4n) is 2.35. The van der Waals surface area contributed by atoms with E-state index in [0.717, 1.165) is 6.54 Å². The number of fused-ring (bicyclic) bond motifs is 1. The predicted molar refractivity (Wildman–Crippen MR) is 85.4 cm³/mol. The lowest BCUT2D eigenvalue weighted by molar-refractivity contribution is 0.279. The number of nitrogens with one attached hydrogen (secondary N) is 1. The van der Waals surface area contributed by atoms with Gasteiger partial charge < -0.3 is 5.32 Å². The van der Waals surface area contributed by atoms with Gasteiger partial charge in [-0.2, -0.15) is 0 Å². The zero-order valence-corrected chi connectivity index (χ0v) is 13.8. The molecule has 1 heterocycles. The van der Waals surface area contributed by atoms with Crippen LogP contribution in [0.25, 0.3) is 10.1 Å². The van der Waals surface area contributed by atoms with Crippen molar-refractivity contribution in [1.82, 2.24) is 5.32 Å². The van der Waals surface area contributed by atoms with Crippen molar-refractivity contribution in [3.63, 3.8) is 0 Å². The zero-order chi connectivity index (χ0) is 13.3. The summed E-state index contributed by atoms with van der Waals surface area (Å²) in [7, 11) is 0. The van der Waals surface area contributed by atoms with E-state index in [2.05, 4.69) is 72.5 Å². The Hall–Kier alpha value is -0.380. The second kappa shape index (κ2) is 5.32. The third-order valence-corrected chi connectivity index (χ3v) is 5.14. The van der Waals surface area contributed by atoms with Gasteiger partial charge in [0.05, 0.1) is 0 Å². The largest absolute Gasteiger partial charge is 0.310 e. The van der Waals surface area contributed by atoms with Crippen molar-refractivity contribution in [2.75, 3.05) is 6.54 Å². The molecule has 98 valence electrons. The molecule has 0 bridgehead atoms. The van der Waals surface area contributed by atoms with E-state index in [1.807, 2.05) is 11.3 Å². The fourth-order valence-corrected chi connectivity index (χ4v) is 4.00. The number of rotatable bonds is 3. The summed E-state index contributed by atoms with van der Waals surface area (Å²) in [5.74, 6) is 0. The predicted octanol–water partition coefficient (Wildman–Crippen LogP) is 5.36. The molecule has 1 unspecified atom stereocenters. The standard InChI is InChI=1S/C15H20BrNS/c1-5-17-14(15(2,3)4)11-9-18-13-10(11)7-6-8-12(13)16/h6-9,14,17H,5H2,1-4H3. The first-order valence-electron chi connectivity index (χ1n) is 6.34. The normalized spacial score (nSPS) is 14.1. The molecule has 0 radical (unpaired) electrons. The van der Waals surface area contributed by atoms with Crippen LogP contribution in [0.2, 0.25) is 0 Å². The maximum atomic E-state index is 3.64. The molecule has 0 amide bonds. The Morgan fingerprint density at radius 3 is 2.67 bits per heavy atom. The lowest BCUT2D eigenvalue weighted by Gasteiger charge is -2.31. The van der Waals surface area contributed by atoms with Crippen LogP contribution >= 0.6 is 27.3 Å². The van der Waals surface area contributed by atoms with E-state index >= 15 is 0 Å². The third-order valence-electron chi connectivity index (χ3n) is 3.17.